The number of fused-ring (bicyclic) bond motifs is 1. The first-order valence-electron chi connectivity index (χ1n) is 12.7. The van der Waals surface area contributed by atoms with Crippen LogP contribution in [0.2, 0.25) is 0 Å². The summed E-state index contributed by atoms with van der Waals surface area (Å²) in [6.07, 6.45) is -1.10. The zero-order chi connectivity index (χ0) is 26.9. The van der Waals surface area contributed by atoms with Crippen molar-refractivity contribution in [2.24, 2.45) is 0 Å². The number of hydrogen-bond acceptors (Lipinski definition) is 6. The highest BCUT2D eigenvalue weighted by Gasteiger charge is 2.40. The van der Waals surface area contributed by atoms with E-state index in [2.05, 4.69) is 20.5 Å². The van der Waals surface area contributed by atoms with Crippen molar-refractivity contribution in [1.29, 1.82) is 0 Å². The molecule has 1 aromatic carbocycles. The molecule has 3 heterocycles. The summed E-state index contributed by atoms with van der Waals surface area (Å²) in [4.78, 5) is 31.9. The van der Waals surface area contributed by atoms with Crippen LogP contribution in [-0.2, 0) is 29.1 Å². The number of carbonyl (C=O) groups excluding carboxylic acids is 2. The van der Waals surface area contributed by atoms with E-state index >= 15 is 0 Å². The van der Waals surface area contributed by atoms with Gasteiger partial charge in [-0.25, -0.2) is 18.6 Å². The Morgan fingerprint density at radius 2 is 1.97 bits per heavy atom. The van der Waals surface area contributed by atoms with Crippen LogP contribution in [0.5, 0.6) is 0 Å². The van der Waals surface area contributed by atoms with E-state index in [0.29, 0.717) is 38.4 Å². The van der Waals surface area contributed by atoms with Gasteiger partial charge in [0.2, 0.25) is 0 Å². The minimum absolute atomic E-state index is 0.0508. The third kappa shape index (κ3) is 5.93. The van der Waals surface area contributed by atoms with Crippen LogP contribution in [0, 0.1) is 11.6 Å². The molecule has 1 saturated heterocycles. The van der Waals surface area contributed by atoms with Crippen LogP contribution in [0.3, 0.4) is 0 Å². The minimum Gasteiger partial charge on any atom is -0.444 e. The highest BCUT2D eigenvalue weighted by molar-refractivity contribution is 5.91. The molecule has 2 aliphatic heterocycles. The number of rotatable bonds is 6. The van der Waals surface area contributed by atoms with E-state index in [9.17, 15) is 18.4 Å². The molecule has 0 bridgehead atoms. The molecule has 2 aromatic rings. The van der Waals surface area contributed by atoms with Crippen LogP contribution in [0.25, 0.3) is 0 Å². The molecule has 0 aliphatic carbocycles. The predicted molar refractivity (Wildman–Crippen MR) is 132 cm³/mol. The number of nitrogens with one attached hydrogen (secondary N) is 2. The smallest absolute Gasteiger partial charge is 0.407 e. The molecule has 2 amide bonds. The van der Waals surface area contributed by atoms with E-state index in [1.807, 2.05) is 18.4 Å². The Morgan fingerprint density at radius 3 is 2.65 bits per heavy atom. The summed E-state index contributed by atoms with van der Waals surface area (Å²) in [6, 6.07) is 2.43. The van der Waals surface area contributed by atoms with Crippen molar-refractivity contribution in [2.45, 2.75) is 84.5 Å². The van der Waals surface area contributed by atoms with E-state index in [-0.39, 0.29) is 24.1 Å². The fraction of sp³-hybridized carbons (Fsp3) is 0.577. The van der Waals surface area contributed by atoms with Gasteiger partial charge in [0.15, 0.2) is 5.82 Å². The van der Waals surface area contributed by atoms with E-state index < -0.39 is 35.5 Å². The molecule has 202 valence electrons. The first-order valence-corrected chi connectivity index (χ1v) is 12.7. The first-order chi connectivity index (χ1) is 17.5. The van der Waals surface area contributed by atoms with Crippen LogP contribution >= 0.6 is 0 Å². The fourth-order valence-electron chi connectivity index (χ4n) is 4.99. The number of hydrogen-bond donors (Lipinski definition) is 2. The number of alkyl carbamates (subject to hydrolysis) is 1. The molecule has 0 radical (unpaired) electrons. The van der Waals surface area contributed by atoms with Crippen molar-refractivity contribution in [3.05, 3.63) is 52.6 Å². The molecule has 1 fully saturated rings. The van der Waals surface area contributed by atoms with Crippen molar-refractivity contribution in [2.75, 3.05) is 13.2 Å². The summed E-state index contributed by atoms with van der Waals surface area (Å²) in [5.41, 5.74) is 1.13. The van der Waals surface area contributed by atoms with Gasteiger partial charge < -0.3 is 24.7 Å². The summed E-state index contributed by atoms with van der Waals surface area (Å²) in [7, 11) is 0. The lowest BCUT2D eigenvalue weighted by atomic mass is 9.92. The molecule has 0 spiro atoms. The third-order valence-electron chi connectivity index (χ3n) is 6.56. The van der Waals surface area contributed by atoms with Crippen LogP contribution in [0.1, 0.15) is 74.7 Å². The van der Waals surface area contributed by atoms with Gasteiger partial charge in [0.1, 0.15) is 23.3 Å². The van der Waals surface area contributed by atoms with Crippen LogP contribution < -0.4 is 10.6 Å². The number of nitrogens with zero attached hydrogens (tertiary/aromatic N) is 3. The van der Waals surface area contributed by atoms with E-state index in [1.54, 1.807) is 20.8 Å². The van der Waals surface area contributed by atoms with Gasteiger partial charge in [0, 0.05) is 37.8 Å². The number of aromatic nitrogens is 2. The summed E-state index contributed by atoms with van der Waals surface area (Å²) < 4.78 is 42.1. The van der Waals surface area contributed by atoms with E-state index in [4.69, 9.17) is 9.47 Å². The summed E-state index contributed by atoms with van der Waals surface area (Å²) in [6.45, 7) is 11.5. The maximum absolute atomic E-state index is 14.7. The second-order valence-electron chi connectivity index (χ2n) is 10.4. The normalized spacial score (nSPS) is 22.0. The molecule has 2 aliphatic rings. The van der Waals surface area contributed by atoms with Crippen LogP contribution in [0.4, 0.5) is 13.6 Å². The number of amides is 2. The Bertz CT molecular complexity index is 1160. The van der Waals surface area contributed by atoms with Crippen molar-refractivity contribution in [3.63, 3.8) is 0 Å². The Labute approximate surface area is 215 Å². The van der Waals surface area contributed by atoms with Crippen molar-refractivity contribution in [3.8, 4) is 0 Å². The van der Waals surface area contributed by atoms with Crippen molar-refractivity contribution in [1.82, 2.24) is 25.1 Å². The molecule has 0 saturated carbocycles. The molecule has 9 nitrogen and oxygen atoms in total. The lowest BCUT2D eigenvalue weighted by Gasteiger charge is -2.40. The van der Waals surface area contributed by atoms with Crippen LogP contribution in [-0.4, -0.2) is 57.3 Å². The Morgan fingerprint density at radius 1 is 1.22 bits per heavy atom. The monoisotopic (exact) mass is 519 g/mol. The molecular weight excluding hydrogens is 484 g/mol. The predicted octanol–water partition coefficient (Wildman–Crippen LogP) is 3.67. The maximum atomic E-state index is 14.7. The average Bonchev–Trinajstić information content (AvgIpc) is 3.37. The zero-order valence-corrected chi connectivity index (χ0v) is 21.9. The van der Waals surface area contributed by atoms with Gasteiger partial charge in [0.25, 0.3) is 5.91 Å². The molecule has 11 heteroatoms. The number of halogens is 2. The highest BCUT2D eigenvalue weighted by atomic mass is 19.1. The Hall–Kier alpha value is -3.05. The summed E-state index contributed by atoms with van der Waals surface area (Å²) in [5, 5.41) is 5.63. The van der Waals surface area contributed by atoms with E-state index in [1.165, 1.54) is 0 Å². The quantitative estimate of drug-likeness (QED) is 0.605. The lowest BCUT2D eigenvalue weighted by Crippen LogP contribution is -2.52. The van der Waals surface area contributed by atoms with E-state index in [0.717, 1.165) is 29.6 Å². The second-order valence-corrected chi connectivity index (χ2v) is 10.4. The molecule has 37 heavy (non-hydrogen) atoms. The molecule has 0 unspecified atom stereocenters. The fourth-order valence-corrected chi connectivity index (χ4v) is 4.99. The first kappa shape index (κ1) is 27.0. The standard InChI is InChI=1S/C26H35F2N5O4/c1-6-29-24(34)23-30-20-12-32(13-21(20)33(23)7-2)16-11-19(31-25(35)37-26(3,4)5)22(36-14-16)17-10-15(27)8-9-18(17)28/h8-10,16,19,22H,6-7,11-14H2,1-5H3,(H,29,34)(H,31,35)/t16-,19+,22-/m1/s1. The van der Waals surface area contributed by atoms with Gasteiger partial charge >= 0.3 is 6.09 Å². The SMILES string of the molecule is CCNC(=O)c1nc2c(n1CC)CN([C@H]1CO[C@H](c3cc(F)ccc3F)[C@@H](NC(=O)OC(C)(C)C)C1)C2. The number of ether oxygens (including phenoxy) is 2. The number of benzene rings is 1. The van der Waals surface area contributed by atoms with Gasteiger partial charge in [0.05, 0.1) is 24.0 Å². The largest absolute Gasteiger partial charge is 0.444 e. The Kier molecular flexibility index (Phi) is 7.84. The molecule has 3 atom stereocenters. The topological polar surface area (TPSA) is 97.7 Å². The van der Waals surface area contributed by atoms with Crippen molar-refractivity contribution >= 4 is 12.0 Å². The van der Waals surface area contributed by atoms with Gasteiger partial charge in [-0.05, 0) is 59.2 Å². The molecule has 4 rings (SSSR count). The van der Waals surface area contributed by atoms with Crippen molar-refractivity contribution < 1.29 is 27.8 Å². The molecule has 1 aromatic heterocycles. The minimum atomic E-state index is -0.878. The van der Waals surface area contributed by atoms with Crippen LogP contribution in [0.15, 0.2) is 18.2 Å². The zero-order valence-electron chi connectivity index (χ0n) is 21.9. The van der Waals surface area contributed by atoms with Gasteiger partial charge in [-0.15, -0.1) is 0 Å². The second kappa shape index (κ2) is 10.7. The third-order valence-corrected chi connectivity index (χ3v) is 6.56. The summed E-state index contributed by atoms with van der Waals surface area (Å²) >= 11 is 0. The highest BCUT2D eigenvalue weighted by Crippen LogP contribution is 2.35. The average molecular weight is 520 g/mol. The lowest BCUT2D eigenvalue weighted by molar-refractivity contribution is -0.0630. The Balaban J connectivity index is 1.54. The number of imidazole rings is 1. The molecular formula is C26H35F2N5O4. The number of carbonyl (C=O) groups is 2. The molecule has 2 N–H and O–H groups in total. The van der Waals surface area contributed by atoms with Gasteiger partial charge in [-0.3, -0.25) is 9.69 Å². The summed E-state index contributed by atoms with van der Waals surface area (Å²) in [5.74, 6) is -0.986. The maximum Gasteiger partial charge on any atom is 0.407 e. The van der Waals surface area contributed by atoms with Gasteiger partial charge in [-0.2, -0.15) is 0 Å². The van der Waals surface area contributed by atoms with Gasteiger partial charge in [-0.1, -0.05) is 0 Å².